The van der Waals surface area contributed by atoms with E-state index in [1.54, 1.807) is 0 Å². The number of guanidine groups is 1. The van der Waals surface area contributed by atoms with Crippen molar-refractivity contribution < 1.29 is 4.74 Å². The summed E-state index contributed by atoms with van der Waals surface area (Å²) < 4.78 is 5.47. The number of nitrogens with zero attached hydrogens (tertiary/aromatic N) is 3. The topological polar surface area (TPSA) is 52.1 Å². The number of rotatable bonds is 8. The number of unbranched alkanes of at least 4 members (excludes halogenated alkanes) is 1. The molecular formula is C20H41N5O. The van der Waals surface area contributed by atoms with Gasteiger partial charge in [-0.1, -0.05) is 6.92 Å². The standard InChI is InChI=1S/C20H41N5O/c1-18-7-11-24(12-8-18)10-6-5-9-22-19(21-4)23-17-20(2,3)25-13-15-26-16-14-25/h18H,5-17H2,1-4H3,(H2,21,22,23). The molecule has 0 aliphatic carbocycles. The smallest absolute Gasteiger partial charge is 0.191 e. The Hall–Kier alpha value is -0.850. The van der Waals surface area contributed by atoms with Gasteiger partial charge in [-0.25, -0.2) is 0 Å². The van der Waals surface area contributed by atoms with E-state index in [-0.39, 0.29) is 5.54 Å². The minimum atomic E-state index is 0.104. The van der Waals surface area contributed by atoms with Gasteiger partial charge in [-0.3, -0.25) is 9.89 Å². The highest BCUT2D eigenvalue weighted by atomic mass is 16.5. The van der Waals surface area contributed by atoms with E-state index >= 15 is 0 Å². The largest absolute Gasteiger partial charge is 0.379 e. The van der Waals surface area contributed by atoms with Crippen LogP contribution in [0.5, 0.6) is 0 Å². The van der Waals surface area contributed by atoms with Crippen molar-refractivity contribution in [3.05, 3.63) is 0 Å². The fourth-order valence-electron chi connectivity index (χ4n) is 3.75. The molecule has 2 rings (SSSR count). The number of hydrogen-bond donors (Lipinski definition) is 2. The molecule has 0 amide bonds. The van der Waals surface area contributed by atoms with Crippen molar-refractivity contribution in [1.82, 2.24) is 20.4 Å². The maximum atomic E-state index is 5.47. The van der Waals surface area contributed by atoms with Crippen molar-refractivity contribution in [3.63, 3.8) is 0 Å². The van der Waals surface area contributed by atoms with E-state index in [9.17, 15) is 0 Å². The van der Waals surface area contributed by atoms with E-state index < -0.39 is 0 Å². The Morgan fingerprint density at radius 1 is 1.08 bits per heavy atom. The highest BCUT2D eigenvalue weighted by Crippen LogP contribution is 2.16. The van der Waals surface area contributed by atoms with Gasteiger partial charge in [-0.2, -0.15) is 0 Å². The molecule has 0 atom stereocenters. The molecule has 2 fully saturated rings. The van der Waals surface area contributed by atoms with Crippen LogP contribution in [0.4, 0.5) is 0 Å². The zero-order chi connectivity index (χ0) is 18.8. The highest BCUT2D eigenvalue weighted by molar-refractivity contribution is 5.79. The number of aliphatic imine (C=N–C) groups is 1. The maximum absolute atomic E-state index is 5.47. The summed E-state index contributed by atoms with van der Waals surface area (Å²) in [6, 6.07) is 0. The van der Waals surface area contributed by atoms with Crippen LogP contribution < -0.4 is 10.6 Å². The minimum Gasteiger partial charge on any atom is -0.379 e. The Kier molecular flexibility index (Phi) is 9.16. The second-order valence-corrected chi connectivity index (χ2v) is 8.50. The molecular weight excluding hydrogens is 326 g/mol. The normalized spacial score (nSPS) is 21.8. The van der Waals surface area contributed by atoms with Crippen molar-refractivity contribution in [1.29, 1.82) is 0 Å². The molecule has 0 radical (unpaired) electrons. The second-order valence-electron chi connectivity index (χ2n) is 8.50. The van der Waals surface area contributed by atoms with Gasteiger partial charge in [0.2, 0.25) is 0 Å². The van der Waals surface area contributed by atoms with Crippen LogP contribution in [0, 0.1) is 5.92 Å². The monoisotopic (exact) mass is 367 g/mol. The summed E-state index contributed by atoms with van der Waals surface area (Å²) in [4.78, 5) is 9.49. The van der Waals surface area contributed by atoms with Gasteiger partial charge >= 0.3 is 0 Å². The molecule has 0 aromatic heterocycles. The minimum absolute atomic E-state index is 0.104. The van der Waals surface area contributed by atoms with Crippen molar-refractivity contribution in [2.45, 2.75) is 52.0 Å². The van der Waals surface area contributed by atoms with E-state index in [1.165, 1.54) is 45.3 Å². The predicted octanol–water partition coefficient (Wildman–Crippen LogP) is 1.77. The SMILES string of the molecule is CN=C(NCCCCN1CCC(C)CC1)NCC(C)(C)N1CCOCC1. The molecule has 2 N–H and O–H groups in total. The Morgan fingerprint density at radius 2 is 1.77 bits per heavy atom. The van der Waals surface area contributed by atoms with E-state index in [0.29, 0.717) is 0 Å². The quantitative estimate of drug-likeness (QED) is 0.389. The number of ether oxygens (including phenoxy) is 1. The van der Waals surface area contributed by atoms with Gasteiger partial charge in [-0.15, -0.1) is 0 Å². The lowest BCUT2D eigenvalue weighted by atomic mass is 9.99. The van der Waals surface area contributed by atoms with Crippen molar-refractivity contribution >= 4 is 5.96 Å². The van der Waals surface area contributed by atoms with Crippen molar-refractivity contribution in [2.75, 3.05) is 66.1 Å². The molecule has 2 aliphatic heterocycles. The Morgan fingerprint density at radius 3 is 2.42 bits per heavy atom. The molecule has 2 saturated heterocycles. The van der Waals surface area contributed by atoms with Crippen LogP contribution in [0.2, 0.25) is 0 Å². The molecule has 6 heteroatoms. The lowest BCUT2D eigenvalue weighted by Crippen LogP contribution is -2.56. The van der Waals surface area contributed by atoms with Crippen molar-refractivity contribution in [2.24, 2.45) is 10.9 Å². The summed E-state index contributed by atoms with van der Waals surface area (Å²) in [5.74, 6) is 1.84. The number of hydrogen-bond acceptors (Lipinski definition) is 4. The third kappa shape index (κ3) is 7.41. The van der Waals surface area contributed by atoms with E-state index in [4.69, 9.17) is 4.74 Å². The summed E-state index contributed by atoms with van der Waals surface area (Å²) in [6.45, 7) is 16.3. The van der Waals surface area contributed by atoms with Gasteiger partial charge in [0.25, 0.3) is 0 Å². The molecule has 2 heterocycles. The summed E-state index contributed by atoms with van der Waals surface area (Å²) in [5, 5.41) is 6.97. The zero-order valence-electron chi connectivity index (χ0n) is 17.5. The predicted molar refractivity (Wildman–Crippen MR) is 110 cm³/mol. The molecule has 2 aliphatic rings. The van der Waals surface area contributed by atoms with Crippen LogP contribution in [0.1, 0.15) is 46.5 Å². The molecule has 6 nitrogen and oxygen atoms in total. The van der Waals surface area contributed by atoms with Gasteiger partial charge < -0.3 is 20.3 Å². The number of likely N-dealkylation sites (tertiary alicyclic amines) is 1. The summed E-state index contributed by atoms with van der Waals surface area (Å²) in [5.41, 5.74) is 0.104. The average Bonchev–Trinajstić information content (AvgIpc) is 2.66. The van der Waals surface area contributed by atoms with Crippen LogP contribution in [0.15, 0.2) is 4.99 Å². The summed E-state index contributed by atoms with van der Waals surface area (Å²) >= 11 is 0. The van der Waals surface area contributed by atoms with Crippen LogP contribution in [-0.2, 0) is 4.74 Å². The lowest BCUT2D eigenvalue weighted by molar-refractivity contribution is -0.00833. The maximum Gasteiger partial charge on any atom is 0.191 e. The summed E-state index contributed by atoms with van der Waals surface area (Å²) in [6.07, 6.45) is 5.19. The van der Waals surface area contributed by atoms with Gasteiger partial charge in [0.05, 0.1) is 13.2 Å². The van der Waals surface area contributed by atoms with Gasteiger partial charge in [0, 0.05) is 38.8 Å². The Bertz CT molecular complexity index is 412. The highest BCUT2D eigenvalue weighted by Gasteiger charge is 2.28. The van der Waals surface area contributed by atoms with Gasteiger partial charge in [0.1, 0.15) is 0 Å². The molecule has 0 aromatic rings. The molecule has 0 bridgehead atoms. The average molecular weight is 368 g/mol. The fraction of sp³-hybridized carbons (Fsp3) is 0.950. The third-order valence-electron chi connectivity index (χ3n) is 5.85. The molecule has 26 heavy (non-hydrogen) atoms. The van der Waals surface area contributed by atoms with Gasteiger partial charge in [0.15, 0.2) is 5.96 Å². The number of piperidine rings is 1. The summed E-state index contributed by atoms with van der Waals surface area (Å²) in [7, 11) is 1.85. The van der Waals surface area contributed by atoms with Crippen LogP contribution in [0.3, 0.4) is 0 Å². The first-order valence-electron chi connectivity index (χ1n) is 10.5. The number of nitrogens with one attached hydrogen (secondary N) is 2. The first kappa shape index (κ1) is 21.5. The van der Waals surface area contributed by atoms with Crippen LogP contribution in [-0.4, -0.2) is 87.4 Å². The zero-order valence-corrected chi connectivity index (χ0v) is 17.5. The molecule has 0 aromatic carbocycles. The van der Waals surface area contributed by atoms with E-state index in [0.717, 1.165) is 51.3 Å². The Labute approximate surface area is 160 Å². The van der Waals surface area contributed by atoms with E-state index in [2.05, 4.69) is 46.2 Å². The first-order chi connectivity index (χ1) is 12.5. The fourth-order valence-corrected chi connectivity index (χ4v) is 3.75. The Balaban J connectivity index is 1.57. The van der Waals surface area contributed by atoms with Crippen molar-refractivity contribution in [3.8, 4) is 0 Å². The molecule has 0 spiro atoms. The lowest BCUT2D eigenvalue weighted by Gasteiger charge is -2.41. The van der Waals surface area contributed by atoms with E-state index in [1.807, 2.05) is 7.05 Å². The molecule has 0 unspecified atom stereocenters. The van der Waals surface area contributed by atoms with Crippen LogP contribution >= 0.6 is 0 Å². The molecule has 152 valence electrons. The molecule has 0 saturated carbocycles. The first-order valence-corrected chi connectivity index (χ1v) is 10.5. The second kappa shape index (κ2) is 11.1. The third-order valence-corrected chi connectivity index (χ3v) is 5.85. The van der Waals surface area contributed by atoms with Crippen LogP contribution in [0.25, 0.3) is 0 Å². The van der Waals surface area contributed by atoms with Gasteiger partial charge in [-0.05, 0) is 65.1 Å². The number of morpholine rings is 1.